The molecule has 0 radical (unpaired) electrons. The molecule has 0 bridgehead atoms. The Morgan fingerprint density at radius 1 is 1.00 bits per heavy atom. The highest BCUT2D eigenvalue weighted by atomic mass is 32.2. The SMILES string of the molecule is O=C(CCSc1ccccc1)N(Cc1ccccn1)Cc1ccco1. The Morgan fingerprint density at radius 3 is 2.56 bits per heavy atom. The van der Waals surface area contributed by atoms with Gasteiger partial charge >= 0.3 is 0 Å². The number of thioether (sulfide) groups is 1. The molecule has 2 heterocycles. The number of furan rings is 1. The van der Waals surface area contributed by atoms with Gasteiger partial charge in [0, 0.05) is 23.3 Å². The molecule has 2 aromatic heterocycles. The van der Waals surface area contributed by atoms with Gasteiger partial charge in [0.2, 0.25) is 5.91 Å². The van der Waals surface area contributed by atoms with E-state index in [-0.39, 0.29) is 5.91 Å². The van der Waals surface area contributed by atoms with Gasteiger partial charge in [0.05, 0.1) is 25.0 Å². The average Bonchev–Trinajstić information content (AvgIpc) is 3.16. The number of pyridine rings is 1. The minimum atomic E-state index is 0.102. The summed E-state index contributed by atoms with van der Waals surface area (Å²) >= 11 is 1.69. The van der Waals surface area contributed by atoms with E-state index in [1.54, 1.807) is 29.1 Å². The Kier molecular flexibility index (Phi) is 6.29. The molecule has 0 atom stereocenters. The monoisotopic (exact) mass is 352 g/mol. The summed E-state index contributed by atoms with van der Waals surface area (Å²) in [5.74, 6) is 1.63. The van der Waals surface area contributed by atoms with Gasteiger partial charge in [-0.3, -0.25) is 9.78 Å². The van der Waals surface area contributed by atoms with E-state index in [0.717, 1.165) is 17.2 Å². The number of nitrogens with zero attached hydrogens (tertiary/aromatic N) is 2. The number of hydrogen-bond acceptors (Lipinski definition) is 4. The summed E-state index contributed by atoms with van der Waals surface area (Å²) in [7, 11) is 0. The van der Waals surface area contributed by atoms with Crippen LogP contribution in [0, 0.1) is 0 Å². The number of rotatable bonds is 8. The van der Waals surface area contributed by atoms with Crippen molar-refractivity contribution in [3.8, 4) is 0 Å². The van der Waals surface area contributed by atoms with Crippen LogP contribution in [0.1, 0.15) is 17.9 Å². The molecule has 3 aromatic rings. The summed E-state index contributed by atoms with van der Waals surface area (Å²) in [6, 6.07) is 19.6. The minimum Gasteiger partial charge on any atom is -0.467 e. The van der Waals surface area contributed by atoms with Crippen LogP contribution in [0.3, 0.4) is 0 Å². The molecule has 0 aliphatic rings. The summed E-state index contributed by atoms with van der Waals surface area (Å²) in [6.45, 7) is 0.939. The zero-order chi connectivity index (χ0) is 17.3. The van der Waals surface area contributed by atoms with Gasteiger partial charge in [0.15, 0.2) is 0 Å². The van der Waals surface area contributed by atoms with Crippen LogP contribution in [0.15, 0.2) is 82.4 Å². The van der Waals surface area contributed by atoms with Crippen LogP contribution in [0.2, 0.25) is 0 Å². The lowest BCUT2D eigenvalue weighted by atomic mass is 10.3. The highest BCUT2D eigenvalue weighted by molar-refractivity contribution is 7.99. The zero-order valence-corrected chi connectivity index (χ0v) is 14.7. The van der Waals surface area contributed by atoms with Crippen LogP contribution in [0.25, 0.3) is 0 Å². The van der Waals surface area contributed by atoms with Gasteiger partial charge in [-0.25, -0.2) is 0 Å². The average molecular weight is 352 g/mol. The molecule has 0 spiro atoms. The van der Waals surface area contributed by atoms with Crippen molar-refractivity contribution in [3.63, 3.8) is 0 Å². The number of aromatic nitrogens is 1. The summed E-state index contributed by atoms with van der Waals surface area (Å²) in [5.41, 5.74) is 0.873. The quantitative estimate of drug-likeness (QED) is 0.564. The van der Waals surface area contributed by atoms with E-state index in [9.17, 15) is 4.79 Å². The molecule has 1 aromatic carbocycles. The van der Waals surface area contributed by atoms with E-state index in [0.29, 0.717) is 19.5 Å². The van der Waals surface area contributed by atoms with Crippen LogP contribution in [-0.4, -0.2) is 21.5 Å². The summed E-state index contributed by atoms with van der Waals surface area (Å²) in [6.07, 6.45) is 3.85. The van der Waals surface area contributed by atoms with Crippen molar-refractivity contribution >= 4 is 17.7 Å². The molecule has 25 heavy (non-hydrogen) atoms. The van der Waals surface area contributed by atoms with E-state index >= 15 is 0 Å². The van der Waals surface area contributed by atoms with Crippen molar-refractivity contribution in [2.75, 3.05) is 5.75 Å². The molecule has 0 fully saturated rings. The molecule has 0 aliphatic heterocycles. The predicted molar refractivity (Wildman–Crippen MR) is 99.0 cm³/mol. The van der Waals surface area contributed by atoms with E-state index in [1.165, 1.54) is 4.90 Å². The van der Waals surface area contributed by atoms with Crippen LogP contribution < -0.4 is 0 Å². The summed E-state index contributed by atoms with van der Waals surface area (Å²) < 4.78 is 5.41. The van der Waals surface area contributed by atoms with Crippen molar-refractivity contribution in [1.82, 2.24) is 9.88 Å². The van der Waals surface area contributed by atoms with Crippen LogP contribution in [0.4, 0.5) is 0 Å². The van der Waals surface area contributed by atoms with Crippen molar-refractivity contribution in [3.05, 3.63) is 84.6 Å². The molecule has 0 saturated carbocycles. The molecule has 0 saturated heterocycles. The largest absolute Gasteiger partial charge is 0.467 e. The maximum absolute atomic E-state index is 12.7. The van der Waals surface area contributed by atoms with E-state index < -0.39 is 0 Å². The third-order valence-corrected chi connectivity index (χ3v) is 4.70. The number of benzene rings is 1. The fraction of sp³-hybridized carbons (Fsp3) is 0.200. The molecule has 128 valence electrons. The number of carbonyl (C=O) groups excluding carboxylic acids is 1. The number of hydrogen-bond donors (Lipinski definition) is 0. The molecular weight excluding hydrogens is 332 g/mol. The first-order valence-corrected chi connectivity index (χ1v) is 9.18. The normalized spacial score (nSPS) is 10.6. The lowest BCUT2D eigenvalue weighted by molar-refractivity contribution is -0.132. The minimum absolute atomic E-state index is 0.102. The molecule has 1 amide bonds. The second-order valence-electron chi connectivity index (χ2n) is 5.56. The maximum atomic E-state index is 12.7. The third-order valence-electron chi connectivity index (χ3n) is 3.69. The van der Waals surface area contributed by atoms with E-state index in [1.807, 2.05) is 48.5 Å². The van der Waals surface area contributed by atoms with Gasteiger partial charge in [0.1, 0.15) is 5.76 Å². The van der Waals surface area contributed by atoms with Crippen LogP contribution in [-0.2, 0) is 17.9 Å². The van der Waals surface area contributed by atoms with E-state index in [2.05, 4.69) is 17.1 Å². The number of amides is 1. The van der Waals surface area contributed by atoms with Gasteiger partial charge < -0.3 is 9.32 Å². The Morgan fingerprint density at radius 2 is 1.84 bits per heavy atom. The molecular formula is C20H20N2O2S. The maximum Gasteiger partial charge on any atom is 0.224 e. The second kappa shape index (κ2) is 9.08. The zero-order valence-electron chi connectivity index (χ0n) is 13.9. The molecule has 3 rings (SSSR count). The molecule has 0 aliphatic carbocycles. The predicted octanol–water partition coefficient (Wildman–Crippen LogP) is 4.39. The topological polar surface area (TPSA) is 46.3 Å². The lowest BCUT2D eigenvalue weighted by Gasteiger charge is -2.21. The van der Waals surface area contributed by atoms with Crippen molar-refractivity contribution in [1.29, 1.82) is 0 Å². The van der Waals surface area contributed by atoms with Crippen molar-refractivity contribution < 1.29 is 9.21 Å². The van der Waals surface area contributed by atoms with Crippen molar-refractivity contribution in [2.45, 2.75) is 24.4 Å². The highest BCUT2D eigenvalue weighted by Crippen LogP contribution is 2.19. The fourth-order valence-electron chi connectivity index (χ4n) is 2.44. The van der Waals surface area contributed by atoms with Gasteiger partial charge in [-0.1, -0.05) is 24.3 Å². The Balaban J connectivity index is 1.60. The first kappa shape index (κ1) is 17.3. The Labute approximate surface area is 151 Å². The Hall–Kier alpha value is -2.53. The lowest BCUT2D eigenvalue weighted by Crippen LogP contribution is -2.30. The standard InChI is InChI=1S/C20H20N2O2S/c23-20(11-14-25-19-9-2-1-3-10-19)22(16-18-8-6-13-24-18)15-17-7-4-5-12-21-17/h1-10,12-13H,11,14-16H2. The van der Waals surface area contributed by atoms with Gasteiger partial charge in [-0.05, 0) is 36.4 Å². The summed E-state index contributed by atoms with van der Waals surface area (Å²) in [5, 5.41) is 0. The first-order valence-electron chi connectivity index (χ1n) is 8.19. The Bertz CT molecular complexity index is 761. The molecule has 0 N–H and O–H groups in total. The second-order valence-corrected chi connectivity index (χ2v) is 6.73. The third kappa shape index (κ3) is 5.50. The van der Waals surface area contributed by atoms with E-state index in [4.69, 9.17) is 4.42 Å². The van der Waals surface area contributed by atoms with Gasteiger partial charge in [0.25, 0.3) is 0 Å². The fourth-order valence-corrected chi connectivity index (χ4v) is 3.30. The highest BCUT2D eigenvalue weighted by Gasteiger charge is 2.16. The van der Waals surface area contributed by atoms with Gasteiger partial charge in [-0.2, -0.15) is 0 Å². The molecule has 4 nitrogen and oxygen atoms in total. The van der Waals surface area contributed by atoms with Crippen LogP contribution in [0.5, 0.6) is 0 Å². The van der Waals surface area contributed by atoms with Crippen LogP contribution >= 0.6 is 11.8 Å². The number of carbonyl (C=O) groups is 1. The smallest absolute Gasteiger partial charge is 0.224 e. The summed E-state index contributed by atoms with van der Waals surface area (Å²) in [4.78, 5) is 20.0. The molecule has 0 unspecified atom stereocenters. The molecule has 5 heteroatoms. The first-order chi connectivity index (χ1) is 12.3. The van der Waals surface area contributed by atoms with Crippen molar-refractivity contribution in [2.24, 2.45) is 0 Å². The van der Waals surface area contributed by atoms with Gasteiger partial charge in [-0.15, -0.1) is 11.8 Å².